The van der Waals surface area contributed by atoms with Gasteiger partial charge in [0.05, 0.1) is 26.4 Å². The number of aliphatic hydroxyl groups excluding tert-OH is 7. The number of carbonyl (C=O) groups excluding carboxylic acids is 1. The summed E-state index contributed by atoms with van der Waals surface area (Å²) in [6.45, 7) is 3.55. The molecule has 0 aromatic carbocycles. The van der Waals surface area contributed by atoms with E-state index in [0.717, 1.165) is 70.6 Å². The van der Waals surface area contributed by atoms with Gasteiger partial charge in [0.2, 0.25) is 0 Å². The minimum Gasteiger partial charge on any atom is -0.457 e. The SMILES string of the molecule is CC/C=C\C/C=C\C/C=C\C/C=C\C/C=C\C/C=C\CCCCC(=O)OC(COCCCCCCCCCCCCCCCCCCCCCCCCCC)COC1OC(COC2OC(CO)C(O)C(O)C2O)C(O)C(O)C1O. The molecule has 0 aliphatic carbocycles. The van der Waals surface area contributed by atoms with Gasteiger partial charge in [-0.05, 0) is 64.2 Å². The molecular formula is C65H114O14. The van der Waals surface area contributed by atoms with Crippen LogP contribution in [0.25, 0.3) is 0 Å². The van der Waals surface area contributed by atoms with Crippen molar-refractivity contribution >= 4 is 5.97 Å². The molecule has 0 aromatic rings. The first-order valence-corrected chi connectivity index (χ1v) is 31.5. The molecule has 2 heterocycles. The van der Waals surface area contributed by atoms with Gasteiger partial charge in [0.1, 0.15) is 54.9 Å². The van der Waals surface area contributed by atoms with E-state index in [1.165, 1.54) is 135 Å². The highest BCUT2D eigenvalue weighted by molar-refractivity contribution is 5.69. The van der Waals surface area contributed by atoms with Crippen molar-refractivity contribution in [3.63, 3.8) is 0 Å². The summed E-state index contributed by atoms with van der Waals surface area (Å²) in [5, 5.41) is 72.5. The van der Waals surface area contributed by atoms with E-state index in [4.69, 9.17) is 28.4 Å². The first kappa shape index (κ1) is 72.5. The fourth-order valence-electron chi connectivity index (χ4n) is 9.70. The van der Waals surface area contributed by atoms with Gasteiger partial charge in [-0.3, -0.25) is 4.79 Å². The molecule has 79 heavy (non-hydrogen) atoms. The summed E-state index contributed by atoms with van der Waals surface area (Å²) in [6, 6.07) is 0. The van der Waals surface area contributed by atoms with Crippen molar-refractivity contribution in [2.75, 3.05) is 33.0 Å². The number of rotatable bonds is 51. The topological polar surface area (TPSA) is 214 Å². The number of allylic oxidation sites excluding steroid dienone is 12. The highest BCUT2D eigenvalue weighted by Crippen LogP contribution is 2.27. The van der Waals surface area contributed by atoms with Crippen molar-refractivity contribution in [3.8, 4) is 0 Å². The first-order valence-electron chi connectivity index (χ1n) is 31.5. The molecule has 2 saturated heterocycles. The van der Waals surface area contributed by atoms with Gasteiger partial charge in [0.25, 0.3) is 0 Å². The van der Waals surface area contributed by atoms with E-state index in [1.54, 1.807) is 0 Å². The van der Waals surface area contributed by atoms with Crippen LogP contribution in [-0.4, -0.2) is 142 Å². The average Bonchev–Trinajstić information content (AvgIpc) is 3.45. The van der Waals surface area contributed by atoms with E-state index in [-0.39, 0.29) is 19.6 Å². The summed E-state index contributed by atoms with van der Waals surface area (Å²) < 4.78 is 34.4. The maximum Gasteiger partial charge on any atom is 0.306 e. The Balaban J connectivity index is 1.70. The Labute approximate surface area is 478 Å². The maximum absolute atomic E-state index is 13.1. The lowest BCUT2D eigenvalue weighted by Crippen LogP contribution is -2.61. The molecule has 2 rings (SSSR count). The van der Waals surface area contributed by atoms with Crippen LogP contribution in [0.4, 0.5) is 0 Å². The fraction of sp³-hybridized carbons (Fsp3) is 0.800. The Bertz CT molecular complexity index is 1580. The minimum absolute atomic E-state index is 0.0429. The molecule has 11 unspecified atom stereocenters. The molecule has 2 aliphatic heterocycles. The van der Waals surface area contributed by atoms with Gasteiger partial charge in [-0.15, -0.1) is 0 Å². The third-order valence-electron chi connectivity index (χ3n) is 14.7. The summed E-state index contributed by atoms with van der Waals surface area (Å²) in [7, 11) is 0. The van der Waals surface area contributed by atoms with Crippen molar-refractivity contribution in [1.82, 2.24) is 0 Å². The zero-order valence-electron chi connectivity index (χ0n) is 49.3. The van der Waals surface area contributed by atoms with Gasteiger partial charge in [-0.1, -0.05) is 234 Å². The monoisotopic (exact) mass is 1120 g/mol. The molecular weight excluding hydrogens is 1000 g/mol. The zero-order chi connectivity index (χ0) is 57.2. The van der Waals surface area contributed by atoms with Crippen LogP contribution in [0.5, 0.6) is 0 Å². The van der Waals surface area contributed by atoms with Gasteiger partial charge in [-0.25, -0.2) is 0 Å². The van der Waals surface area contributed by atoms with Crippen molar-refractivity contribution < 1.29 is 69.0 Å². The largest absolute Gasteiger partial charge is 0.457 e. The van der Waals surface area contributed by atoms with Crippen molar-refractivity contribution in [1.29, 1.82) is 0 Å². The Morgan fingerprint density at radius 3 is 1.27 bits per heavy atom. The van der Waals surface area contributed by atoms with Crippen molar-refractivity contribution in [3.05, 3.63) is 72.9 Å². The number of aliphatic hydroxyl groups is 7. The number of hydrogen-bond donors (Lipinski definition) is 7. The van der Waals surface area contributed by atoms with Crippen LogP contribution in [0.3, 0.4) is 0 Å². The third kappa shape index (κ3) is 37.3. The summed E-state index contributed by atoms with van der Waals surface area (Å²) in [6.07, 6.45) is 49.7. The fourth-order valence-corrected chi connectivity index (χ4v) is 9.70. The van der Waals surface area contributed by atoms with E-state index in [1.807, 2.05) is 0 Å². The van der Waals surface area contributed by atoms with Crippen LogP contribution >= 0.6 is 0 Å². The summed E-state index contributed by atoms with van der Waals surface area (Å²) in [5.74, 6) is -0.416. The number of ether oxygens (including phenoxy) is 6. The summed E-state index contributed by atoms with van der Waals surface area (Å²) in [4.78, 5) is 13.1. The van der Waals surface area contributed by atoms with Gasteiger partial charge in [0.15, 0.2) is 12.6 Å². The van der Waals surface area contributed by atoms with Crippen molar-refractivity contribution in [2.45, 2.75) is 300 Å². The summed E-state index contributed by atoms with van der Waals surface area (Å²) in [5.41, 5.74) is 0. The molecule has 0 bridgehead atoms. The predicted octanol–water partition coefficient (Wildman–Crippen LogP) is 12.2. The van der Waals surface area contributed by atoms with E-state index >= 15 is 0 Å². The first-order chi connectivity index (χ1) is 38.6. The predicted molar refractivity (Wildman–Crippen MR) is 316 cm³/mol. The molecule has 0 spiro atoms. The molecule has 14 heteroatoms. The Morgan fingerprint density at radius 2 is 0.823 bits per heavy atom. The number of carbonyl (C=O) groups is 1. The van der Waals surface area contributed by atoms with Crippen LogP contribution in [0, 0.1) is 0 Å². The average molecular weight is 1120 g/mol. The van der Waals surface area contributed by atoms with Crippen molar-refractivity contribution in [2.24, 2.45) is 0 Å². The molecule has 11 atom stereocenters. The molecule has 458 valence electrons. The van der Waals surface area contributed by atoms with Crippen LogP contribution in [0.15, 0.2) is 72.9 Å². The van der Waals surface area contributed by atoms with Crippen LogP contribution in [0.1, 0.15) is 232 Å². The maximum atomic E-state index is 13.1. The quantitative estimate of drug-likeness (QED) is 0.0172. The van der Waals surface area contributed by atoms with Gasteiger partial charge in [-0.2, -0.15) is 0 Å². The second-order valence-electron chi connectivity index (χ2n) is 21.9. The zero-order valence-corrected chi connectivity index (χ0v) is 49.3. The highest BCUT2D eigenvalue weighted by atomic mass is 16.7. The molecule has 7 N–H and O–H groups in total. The van der Waals surface area contributed by atoms with E-state index in [2.05, 4.69) is 86.8 Å². The Hall–Kier alpha value is -2.57. The third-order valence-corrected chi connectivity index (χ3v) is 14.7. The standard InChI is InChI=1S/C65H114O14/c1-3-5-7-9-11-13-15-17-19-21-23-25-26-27-29-31-33-35-37-39-41-43-45-47-49-74-51-54(52-75-64-63(73)61(71)59(69)56(79-64)53-76-65-62(72)60(70)58(68)55(50-66)78-65)77-57(67)48-46-44-42-40-38-36-34-32-30-28-24-22-20-18-16-14-12-10-8-6-4-2/h6,8,12,14,18,20,24,28,32,34,38,40,54-56,58-66,68-73H,3-5,7,9-11,13,15-17,19,21-23,25-27,29-31,33,35-37,39,41-53H2,1-2H3/b8-6-,14-12-,20-18-,28-24-,34-32-,40-38-. The van der Waals surface area contributed by atoms with E-state index in [9.17, 15) is 40.5 Å². The molecule has 2 fully saturated rings. The van der Waals surface area contributed by atoms with E-state index in [0.29, 0.717) is 13.0 Å². The lowest BCUT2D eigenvalue weighted by molar-refractivity contribution is -0.332. The molecule has 0 aromatic heterocycles. The Morgan fingerprint density at radius 1 is 0.430 bits per heavy atom. The normalized spacial score (nSPS) is 24.5. The number of unbranched alkanes of at least 4 members (excludes halogenated alkanes) is 25. The molecule has 0 radical (unpaired) electrons. The molecule has 14 nitrogen and oxygen atoms in total. The number of esters is 1. The molecule has 0 amide bonds. The lowest BCUT2D eigenvalue weighted by atomic mass is 9.98. The van der Waals surface area contributed by atoms with Crippen LogP contribution in [-0.2, 0) is 33.2 Å². The van der Waals surface area contributed by atoms with E-state index < -0.39 is 86.7 Å². The summed E-state index contributed by atoms with van der Waals surface area (Å²) >= 11 is 0. The smallest absolute Gasteiger partial charge is 0.306 e. The second kappa shape index (κ2) is 51.1. The van der Waals surface area contributed by atoms with Gasteiger partial charge < -0.3 is 64.2 Å². The van der Waals surface area contributed by atoms with Gasteiger partial charge >= 0.3 is 5.97 Å². The Kier molecular flexibility index (Phi) is 46.9. The van der Waals surface area contributed by atoms with Gasteiger partial charge in [0, 0.05) is 13.0 Å². The van der Waals surface area contributed by atoms with Crippen LogP contribution in [0.2, 0.25) is 0 Å². The minimum atomic E-state index is -1.72. The highest BCUT2D eigenvalue weighted by Gasteiger charge is 2.47. The number of hydrogen-bond acceptors (Lipinski definition) is 14. The molecule has 0 saturated carbocycles. The lowest BCUT2D eigenvalue weighted by Gasteiger charge is -2.42. The second-order valence-corrected chi connectivity index (χ2v) is 21.9. The van der Waals surface area contributed by atoms with Crippen LogP contribution < -0.4 is 0 Å². The molecule has 2 aliphatic rings.